The van der Waals surface area contributed by atoms with E-state index >= 15 is 0 Å². The molecule has 0 aliphatic rings. The van der Waals surface area contributed by atoms with Gasteiger partial charge in [-0.25, -0.2) is 0 Å². The Balaban J connectivity index is 2.31. The quantitative estimate of drug-likeness (QED) is 0.770. The fourth-order valence-corrected chi connectivity index (χ4v) is 1.72. The van der Waals surface area contributed by atoms with Crippen LogP contribution in [0.15, 0.2) is 11.6 Å². The highest BCUT2D eigenvalue weighted by atomic mass is 32.1. The molecule has 7 heteroatoms. The Morgan fingerprint density at radius 1 is 1.50 bits per heavy atom. The third-order valence-electron chi connectivity index (χ3n) is 1.87. The van der Waals surface area contributed by atoms with Crippen molar-refractivity contribution in [3.8, 4) is 0 Å². The highest BCUT2D eigenvalue weighted by Gasteiger charge is 2.17. The van der Waals surface area contributed by atoms with Gasteiger partial charge in [0.25, 0.3) is 0 Å². The van der Waals surface area contributed by atoms with Crippen LogP contribution < -0.4 is 5.32 Å². The van der Waals surface area contributed by atoms with E-state index in [1.54, 1.807) is 13.2 Å². The average molecular weight is 210 g/mol. The summed E-state index contributed by atoms with van der Waals surface area (Å²) in [7, 11) is 3.65. The lowest BCUT2D eigenvalue weighted by Gasteiger charge is -2.08. The lowest BCUT2D eigenvalue weighted by Crippen LogP contribution is -2.18. The van der Waals surface area contributed by atoms with Crippen LogP contribution in [0.1, 0.15) is 17.4 Å². The van der Waals surface area contributed by atoms with E-state index in [1.165, 1.54) is 16.3 Å². The smallest absolute Gasteiger partial charge is 0.106 e. The van der Waals surface area contributed by atoms with Gasteiger partial charge in [-0.05, 0) is 18.6 Å². The molecule has 2 aromatic heterocycles. The average Bonchev–Trinajstić information content (AvgIpc) is 2.79. The Bertz CT molecular complexity index is 394. The minimum absolute atomic E-state index is 0.0255. The van der Waals surface area contributed by atoms with Crippen LogP contribution >= 0.6 is 11.5 Å². The summed E-state index contributed by atoms with van der Waals surface area (Å²) in [6, 6.07) is -0.0255. The second-order valence-electron chi connectivity index (χ2n) is 2.81. The summed E-state index contributed by atoms with van der Waals surface area (Å²) in [5.74, 6) is 0. The third kappa shape index (κ3) is 1.64. The van der Waals surface area contributed by atoms with E-state index in [9.17, 15) is 0 Å². The van der Waals surface area contributed by atoms with Crippen LogP contribution in [0, 0.1) is 0 Å². The van der Waals surface area contributed by atoms with Crippen molar-refractivity contribution in [3.63, 3.8) is 0 Å². The van der Waals surface area contributed by atoms with Gasteiger partial charge in [0.15, 0.2) is 0 Å². The van der Waals surface area contributed by atoms with Crippen LogP contribution in [0.4, 0.5) is 0 Å². The summed E-state index contributed by atoms with van der Waals surface area (Å²) in [6.45, 7) is 0. The molecule has 0 spiro atoms. The first-order chi connectivity index (χ1) is 6.81. The van der Waals surface area contributed by atoms with Crippen LogP contribution in [0.5, 0.6) is 0 Å². The molecule has 0 aromatic carbocycles. The van der Waals surface area contributed by atoms with Crippen molar-refractivity contribution < 1.29 is 0 Å². The normalized spacial score (nSPS) is 13.0. The Hall–Kier alpha value is -1.34. The van der Waals surface area contributed by atoms with Gasteiger partial charge in [0.2, 0.25) is 0 Å². The minimum atomic E-state index is -0.0255. The Labute approximate surface area is 85.1 Å². The third-order valence-corrected chi connectivity index (χ3v) is 2.40. The molecule has 1 atom stereocenters. The zero-order chi connectivity index (χ0) is 9.97. The number of rotatable bonds is 3. The zero-order valence-electron chi connectivity index (χ0n) is 7.88. The summed E-state index contributed by atoms with van der Waals surface area (Å²) in [5.41, 5.74) is 1.72. The molecule has 2 rings (SSSR count). The molecule has 1 N–H and O–H groups in total. The number of nitrogens with one attached hydrogen (secondary N) is 1. The molecule has 0 saturated carbocycles. The van der Waals surface area contributed by atoms with E-state index in [0.29, 0.717) is 0 Å². The van der Waals surface area contributed by atoms with E-state index in [2.05, 4.69) is 25.1 Å². The number of hydrogen-bond acceptors (Lipinski definition) is 6. The van der Waals surface area contributed by atoms with Crippen LogP contribution in [0.3, 0.4) is 0 Å². The molecule has 0 saturated heterocycles. The van der Waals surface area contributed by atoms with Crippen molar-refractivity contribution in [1.82, 2.24) is 29.9 Å². The van der Waals surface area contributed by atoms with Crippen molar-refractivity contribution in [2.24, 2.45) is 7.05 Å². The first-order valence-corrected chi connectivity index (χ1v) is 4.95. The maximum Gasteiger partial charge on any atom is 0.106 e. The van der Waals surface area contributed by atoms with Gasteiger partial charge in [-0.3, -0.25) is 0 Å². The van der Waals surface area contributed by atoms with Crippen LogP contribution in [0.25, 0.3) is 0 Å². The summed E-state index contributed by atoms with van der Waals surface area (Å²) < 4.78 is 3.82. The summed E-state index contributed by atoms with van der Waals surface area (Å²) in [4.78, 5) is 1.53. The van der Waals surface area contributed by atoms with Crippen LogP contribution in [-0.2, 0) is 7.05 Å². The van der Waals surface area contributed by atoms with Crippen molar-refractivity contribution in [1.29, 1.82) is 0 Å². The Morgan fingerprint density at radius 3 is 2.86 bits per heavy atom. The minimum Gasteiger partial charge on any atom is -0.307 e. The van der Waals surface area contributed by atoms with Crippen molar-refractivity contribution in [2.45, 2.75) is 6.04 Å². The van der Waals surface area contributed by atoms with E-state index in [4.69, 9.17) is 0 Å². The Morgan fingerprint density at radius 2 is 2.36 bits per heavy atom. The molecule has 0 bridgehead atoms. The zero-order valence-corrected chi connectivity index (χ0v) is 8.69. The lowest BCUT2D eigenvalue weighted by atomic mass is 10.2. The topological polar surface area (TPSA) is 68.5 Å². The molecule has 2 aromatic rings. The van der Waals surface area contributed by atoms with Crippen molar-refractivity contribution >= 4 is 11.5 Å². The number of aromatic nitrogens is 5. The molecule has 0 aliphatic heterocycles. The van der Waals surface area contributed by atoms with Crippen molar-refractivity contribution in [3.05, 3.63) is 23.0 Å². The van der Waals surface area contributed by atoms with Crippen molar-refractivity contribution in [2.75, 3.05) is 7.05 Å². The Kier molecular flexibility index (Phi) is 2.51. The summed E-state index contributed by atoms with van der Waals surface area (Å²) in [6.07, 6.45) is 1.72. The monoisotopic (exact) mass is 210 g/mol. The standard InChI is InChI=1S/C7H10N6S/c1-8-7(6-4-14-12-10-6)5-3-9-13(2)11-5/h3-4,7-8H,1-2H3. The van der Waals surface area contributed by atoms with E-state index in [0.717, 1.165) is 11.4 Å². The molecular weight excluding hydrogens is 200 g/mol. The predicted octanol–water partition coefficient (Wildman–Crippen LogP) is -0.0246. The summed E-state index contributed by atoms with van der Waals surface area (Å²) >= 11 is 1.33. The van der Waals surface area contributed by atoms with E-state index in [1.807, 2.05) is 12.4 Å². The first kappa shape index (κ1) is 9.22. The number of aryl methyl sites for hydroxylation is 1. The van der Waals surface area contributed by atoms with Gasteiger partial charge in [-0.1, -0.05) is 4.49 Å². The molecule has 6 nitrogen and oxygen atoms in total. The molecule has 1 unspecified atom stereocenters. The molecule has 0 amide bonds. The van der Waals surface area contributed by atoms with Gasteiger partial charge in [0, 0.05) is 12.4 Å². The fourth-order valence-electron chi connectivity index (χ4n) is 1.24. The molecule has 0 aliphatic carbocycles. The maximum atomic E-state index is 4.22. The van der Waals surface area contributed by atoms with Gasteiger partial charge in [-0.2, -0.15) is 15.0 Å². The molecular formula is C7H10N6S. The highest BCUT2D eigenvalue weighted by Crippen LogP contribution is 2.17. The first-order valence-electron chi connectivity index (χ1n) is 4.11. The summed E-state index contributed by atoms with van der Waals surface area (Å²) in [5, 5.41) is 17.3. The second kappa shape index (κ2) is 3.81. The van der Waals surface area contributed by atoms with Crippen LogP contribution in [0.2, 0.25) is 0 Å². The predicted molar refractivity (Wildman–Crippen MR) is 51.8 cm³/mol. The molecule has 0 fully saturated rings. The van der Waals surface area contributed by atoms with E-state index < -0.39 is 0 Å². The lowest BCUT2D eigenvalue weighted by molar-refractivity contribution is 0.604. The van der Waals surface area contributed by atoms with Gasteiger partial charge >= 0.3 is 0 Å². The van der Waals surface area contributed by atoms with E-state index in [-0.39, 0.29) is 6.04 Å². The number of hydrogen-bond donors (Lipinski definition) is 1. The van der Waals surface area contributed by atoms with Crippen LogP contribution in [-0.4, -0.2) is 31.6 Å². The fraction of sp³-hybridized carbons (Fsp3) is 0.429. The molecule has 0 radical (unpaired) electrons. The largest absolute Gasteiger partial charge is 0.307 e. The number of nitrogens with zero attached hydrogens (tertiary/aromatic N) is 5. The molecule has 74 valence electrons. The maximum absolute atomic E-state index is 4.22. The second-order valence-corrected chi connectivity index (χ2v) is 3.42. The van der Waals surface area contributed by atoms with Gasteiger partial charge < -0.3 is 5.32 Å². The van der Waals surface area contributed by atoms with Gasteiger partial charge in [-0.15, -0.1) is 5.10 Å². The highest BCUT2D eigenvalue weighted by molar-refractivity contribution is 7.03. The SMILES string of the molecule is CNC(c1csnn1)c1cnn(C)n1. The van der Waals surface area contributed by atoms with Gasteiger partial charge in [0.1, 0.15) is 5.69 Å². The molecule has 2 heterocycles. The molecule has 14 heavy (non-hydrogen) atoms. The van der Waals surface area contributed by atoms with Gasteiger partial charge in [0.05, 0.1) is 17.9 Å².